The second kappa shape index (κ2) is 9.48. The number of carbonyl (C=O) groups excluding carboxylic acids is 1. The van der Waals surface area contributed by atoms with Crippen LogP contribution in [-0.4, -0.2) is 12.2 Å². The Morgan fingerprint density at radius 1 is 0.970 bits per heavy atom. The molecule has 0 spiro atoms. The standard InChI is InChI=1S/C26H18ClF5O/c27-17-7-5-14(6-8-17)16-9-20(19-4-2-1-3-15(19)11-24(31)32)21(10-16)26(33)25-22(29)12-18(28)13-23(25)30/h1-8,10,12-13,20-21,24H,9,11H2. The Morgan fingerprint density at radius 3 is 2.24 bits per heavy atom. The van der Waals surface area contributed by atoms with Crippen molar-refractivity contribution in [2.75, 3.05) is 0 Å². The summed E-state index contributed by atoms with van der Waals surface area (Å²) in [6.07, 6.45) is -1.21. The number of hydrogen-bond acceptors (Lipinski definition) is 1. The van der Waals surface area contributed by atoms with Gasteiger partial charge in [-0.05, 0) is 40.8 Å². The Balaban J connectivity index is 1.81. The van der Waals surface area contributed by atoms with E-state index < -0.39 is 53.5 Å². The molecule has 0 radical (unpaired) electrons. The van der Waals surface area contributed by atoms with Crippen molar-refractivity contribution in [1.82, 2.24) is 0 Å². The van der Waals surface area contributed by atoms with Crippen molar-refractivity contribution in [3.63, 3.8) is 0 Å². The number of Topliss-reactive ketones (excluding diaryl/α,β-unsaturated/α-hetero) is 1. The smallest absolute Gasteiger partial charge is 0.242 e. The van der Waals surface area contributed by atoms with E-state index in [0.29, 0.717) is 34.7 Å². The quantitative estimate of drug-likeness (QED) is 0.264. The molecule has 0 aromatic heterocycles. The van der Waals surface area contributed by atoms with Crippen LogP contribution in [-0.2, 0) is 6.42 Å². The molecule has 2 atom stereocenters. The molecule has 0 saturated carbocycles. The zero-order valence-electron chi connectivity index (χ0n) is 17.2. The molecule has 0 heterocycles. The van der Waals surface area contributed by atoms with Crippen molar-refractivity contribution < 1.29 is 26.7 Å². The van der Waals surface area contributed by atoms with Crippen LogP contribution in [0.15, 0.2) is 66.7 Å². The van der Waals surface area contributed by atoms with Crippen LogP contribution in [0.2, 0.25) is 5.02 Å². The molecule has 7 heteroatoms. The summed E-state index contributed by atoms with van der Waals surface area (Å²) in [4.78, 5) is 13.3. The maximum atomic E-state index is 14.4. The summed E-state index contributed by atoms with van der Waals surface area (Å²) < 4.78 is 68.7. The normalized spacial score (nSPS) is 18.0. The SMILES string of the molecule is O=C(c1c(F)cc(F)cc1F)C1C=C(c2ccc(Cl)cc2)CC1c1ccccc1CC(F)F. The van der Waals surface area contributed by atoms with Gasteiger partial charge in [-0.15, -0.1) is 0 Å². The molecule has 0 aliphatic heterocycles. The van der Waals surface area contributed by atoms with Crippen LogP contribution in [0.1, 0.15) is 39.4 Å². The second-order valence-electron chi connectivity index (χ2n) is 7.94. The van der Waals surface area contributed by atoms with Crippen LogP contribution in [0.25, 0.3) is 5.57 Å². The number of benzene rings is 3. The molecule has 0 amide bonds. The number of ketones is 1. The molecule has 1 aliphatic carbocycles. The summed E-state index contributed by atoms with van der Waals surface area (Å²) in [5.41, 5.74) is 1.52. The van der Waals surface area contributed by atoms with Crippen molar-refractivity contribution in [1.29, 1.82) is 0 Å². The molecule has 0 N–H and O–H groups in total. The minimum Gasteiger partial charge on any atom is -0.293 e. The molecule has 3 aromatic rings. The lowest BCUT2D eigenvalue weighted by molar-refractivity contribution is 0.0926. The zero-order valence-corrected chi connectivity index (χ0v) is 17.9. The molecule has 1 aliphatic rings. The largest absolute Gasteiger partial charge is 0.293 e. The number of allylic oxidation sites excluding steroid dienone is 2. The predicted octanol–water partition coefficient (Wildman–Crippen LogP) is 7.63. The fraction of sp³-hybridized carbons (Fsp3) is 0.192. The maximum absolute atomic E-state index is 14.4. The first-order chi connectivity index (χ1) is 15.7. The summed E-state index contributed by atoms with van der Waals surface area (Å²) >= 11 is 5.96. The molecule has 170 valence electrons. The highest BCUT2D eigenvalue weighted by atomic mass is 35.5. The number of halogens is 6. The van der Waals surface area contributed by atoms with E-state index in [1.54, 1.807) is 54.6 Å². The third kappa shape index (κ3) is 4.86. The van der Waals surface area contributed by atoms with Gasteiger partial charge in [-0.3, -0.25) is 4.79 Å². The summed E-state index contributed by atoms with van der Waals surface area (Å²) in [7, 11) is 0. The van der Waals surface area contributed by atoms with Gasteiger partial charge in [-0.25, -0.2) is 22.0 Å². The van der Waals surface area contributed by atoms with Crippen molar-refractivity contribution in [3.05, 3.63) is 111 Å². The maximum Gasteiger partial charge on any atom is 0.242 e. The first-order valence-electron chi connectivity index (χ1n) is 10.3. The van der Waals surface area contributed by atoms with E-state index >= 15 is 0 Å². The minimum atomic E-state index is -2.60. The highest BCUT2D eigenvalue weighted by Crippen LogP contribution is 2.45. The lowest BCUT2D eigenvalue weighted by Crippen LogP contribution is -2.21. The average molecular weight is 477 g/mol. The first-order valence-corrected chi connectivity index (χ1v) is 10.6. The van der Waals surface area contributed by atoms with Gasteiger partial charge in [0, 0.05) is 35.4 Å². The van der Waals surface area contributed by atoms with Gasteiger partial charge in [0.15, 0.2) is 5.78 Å². The van der Waals surface area contributed by atoms with Crippen LogP contribution >= 0.6 is 11.6 Å². The summed E-state index contributed by atoms with van der Waals surface area (Å²) in [6, 6.07) is 14.3. The van der Waals surface area contributed by atoms with Gasteiger partial charge in [-0.1, -0.05) is 54.1 Å². The van der Waals surface area contributed by atoms with Crippen molar-refractivity contribution in [2.45, 2.75) is 25.2 Å². The molecule has 0 saturated heterocycles. The zero-order chi connectivity index (χ0) is 23.7. The van der Waals surface area contributed by atoms with Gasteiger partial charge in [0.25, 0.3) is 0 Å². The number of carbonyl (C=O) groups is 1. The Kier molecular flexibility index (Phi) is 6.66. The number of hydrogen-bond donors (Lipinski definition) is 0. The fourth-order valence-electron chi connectivity index (χ4n) is 4.40. The van der Waals surface area contributed by atoms with Crippen LogP contribution < -0.4 is 0 Å². The van der Waals surface area contributed by atoms with E-state index in [2.05, 4.69) is 0 Å². The Hall–Kier alpha value is -2.99. The third-order valence-corrected chi connectivity index (χ3v) is 6.11. The molecule has 4 rings (SSSR count). The average Bonchev–Trinajstić information content (AvgIpc) is 3.18. The van der Waals surface area contributed by atoms with E-state index in [1.807, 2.05) is 0 Å². The summed E-state index contributed by atoms with van der Waals surface area (Å²) in [5.74, 6) is -6.25. The Labute approximate surface area is 192 Å². The highest BCUT2D eigenvalue weighted by molar-refractivity contribution is 6.30. The lowest BCUT2D eigenvalue weighted by Gasteiger charge is -2.22. The summed E-state index contributed by atoms with van der Waals surface area (Å²) in [6.45, 7) is 0. The van der Waals surface area contributed by atoms with Gasteiger partial charge >= 0.3 is 0 Å². The monoisotopic (exact) mass is 476 g/mol. The van der Waals surface area contributed by atoms with Gasteiger partial charge in [0.1, 0.15) is 17.5 Å². The molecule has 2 unspecified atom stereocenters. The minimum absolute atomic E-state index is 0.294. The van der Waals surface area contributed by atoms with Gasteiger partial charge in [-0.2, -0.15) is 0 Å². The van der Waals surface area contributed by atoms with Crippen molar-refractivity contribution >= 4 is 23.0 Å². The van der Waals surface area contributed by atoms with E-state index in [0.717, 1.165) is 11.1 Å². The van der Waals surface area contributed by atoms with E-state index in [9.17, 15) is 26.7 Å². The predicted molar refractivity (Wildman–Crippen MR) is 117 cm³/mol. The highest BCUT2D eigenvalue weighted by Gasteiger charge is 2.38. The molecule has 1 nitrogen and oxygen atoms in total. The Morgan fingerprint density at radius 2 is 1.61 bits per heavy atom. The van der Waals surface area contributed by atoms with Gasteiger partial charge in [0.2, 0.25) is 6.43 Å². The molecule has 0 fully saturated rings. The third-order valence-electron chi connectivity index (χ3n) is 5.85. The van der Waals surface area contributed by atoms with Gasteiger partial charge in [0.05, 0.1) is 5.56 Å². The van der Waals surface area contributed by atoms with Crippen LogP contribution in [0, 0.1) is 23.4 Å². The van der Waals surface area contributed by atoms with Crippen LogP contribution in [0.4, 0.5) is 22.0 Å². The topological polar surface area (TPSA) is 17.1 Å². The Bertz CT molecular complexity index is 1200. The number of alkyl halides is 2. The van der Waals surface area contributed by atoms with E-state index in [1.165, 1.54) is 0 Å². The molecule has 0 bridgehead atoms. The van der Waals surface area contributed by atoms with E-state index in [4.69, 9.17) is 11.6 Å². The van der Waals surface area contributed by atoms with E-state index in [-0.39, 0.29) is 0 Å². The first kappa shape index (κ1) is 23.2. The lowest BCUT2D eigenvalue weighted by atomic mass is 9.80. The van der Waals surface area contributed by atoms with Crippen molar-refractivity contribution in [2.24, 2.45) is 5.92 Å². The number of rotatable bonds is 6. The van der Waals surface area contributed by atoms with Crippen LogP contribution in [0.5, 0.6) is 0 Å². The molecular formula is C26H18ClF5O. The molecular weight excluding hydrogens is 459 g/mol. The van der Waals surface area contributed by atoms with Gasteiger partial charge < -0.3 is 0 Å². The second-order valence-corrected chi connectivity index (χ2v) is 8.37. The van der Waals surface area contributed by atoms with Crippen molar-refractivity contribution in [3.8, 4) is 0 Å². The molecule has 33 heavy (non-hydrogen) atoms. The molecule has 3 aromatic carbocycles. The summed E-state index contributed by atoms with van der Waals surface area (Å²) in [5, 5.41) is 0.513. The van der Waals surface area contributed by atoms with Crippen LogP contribution in [0.3, 0.4) is 0 Å². The fourth-order valence-corrected chi connectivity index (χ4v) is 4.52.